The fourth-order valence-electron chi connectivity index (χ4n) is 4.99. The third kappa shape index (κ3) is 5.55. The van der Waals surface area contributed by atoms with E-state index in [4.69, 9.17) is 0 Å². The SMILES string of the molecule is CC1CC(C)CN(S(=O)(=O)c2cccc(C(=O)NCc3cccnc3N3CCCCC3)c2)C1. The molecule has 1 amide bonds. The zero-order valence-electron chi connectivity index (χ0n) is 19.5. The maximum atomic E-state index is 13.2. The highest BCUT2D eigenvalue weighted by molar-refractivity contribution is 7.89. The van der Waals surface area contributed by atoms with Crippen molar-refractivity contribution in [1.82, 2.24) is 14.6 Å². The van der Waals surface area contributed by atoms with Crippen molar-refractivity contribution in [2.45, 2.75) is 51.0 Å². The minimum Gasteiger partial charge on any atom is -0.356 e. The first-order valence-electron chi connectivity index (χ1n) is 11.9. The van der Waals surface area contributed by atoms with Gasteiger partial charge in [0.25, 0.3) is 5.91 Å². The van der Waals surface area contributed by atoms with Crippen LogP contribution in [0.1, 0.15) is 55.5 Å². The van der Waals surface area contributed by atoms with Crippen molar-refractivity contribution < 1.29 is 13.2 Å². The summed E-state index contributed by atoms with van der Waals surface area (Å²) in [6.45, 7) is 7.50. The molecule has 2 aliphatic rings. The van der Waals surface area contributed by atoms with Crippen molar-refractivity contribution in [3.63, 3.8) is 0 Å². The summed E-state index contributed by atoms with van der Waals surface area (Å²) in [5.41, 5.74) is 1.31. The van der Waals surface area contributed by atoms with E-state index < -0.39 is 10.0 Å². The summed E-state index contributed by atoms with van der Waals surface area (Å²) in [6, 6.07) is 10.2. The molecular formula is C25H34N4O3S. The number of nitrogens with one attached hydrogen (secondary N) is 1. The van der Waals surface area contributed by atoms with Crippen LogP contribution in [0.25, 0.3) is 0 Å². The Labute approximate surface area is 197 Å². The Morgan fingerprint density at radius 2 is 1.79 bits per heavy atom. The number of aromatic nitrogens is 1. The van der Waals surface area contributed by atoms with Crippen molar-refractivity contribution in [3.05, 3.63) is 53.7 Å². The van der Waals surface area contributed by atoms with E-state index in [0.717, 1.165) is 43.7 Å². The third-order valence-electron chi connectivity index (χ3n) is 6.53. The molecule has 4 rings (SSSR count). The third-order valence-corrected chi connectivity index (χ3v) is 8.36. The van der Waals surface area contributed by atoms with Crippen LogP contribution in [0, 0.1) is 11.8 Å². The van der Waals surface area contributed by atoms with Gasteiger partial charge in [0.15, 0.2) is 0 Å². The number of sulfonamides is 1. The highest BCUT2D eigenvalue weighted by Crippen LogP contribution is 2.27. The Morgan fingerprint density at radius 3 is 2.52 bits per heavy atom. The molecule has 2 atom stereocenters. The van der Waals surface area contributed by atoms with E-state index in [0.29, 0.717) is 37.0 Å². The second-order valence-electron chi connectivity index (χ2n) is 9.51. The number of nitrogens with zero attached hydrogens (tertiary/aromatic N) is 3. The number of hydrogen-bond acceptors (Lipinski definition) is 5. The van der Waals surface area contributed by atoms with E-state index in [1.54, 1.807) is 28.7 Å². The van der Waals surface area contributed by atoms with Crippen molar-refractivity contribution in [2.75, 3.05) is 31.1 Å². The van der Waals surface area contributed by atoms with Gasteiger partial charge in [0.1, 0.15) is 5.82 Å². The predicted molar refractivity (Wildman–Crippen MR) is 130 cm³/mol. The molecule has 0 spiro atoms. The fourth-order valence-corrected chi connectivity index (χ4v) is 6.71. The van der Waals surface area contributed by atoms with Gasteiger partial charge in [-0.15, -0.1) is 0 Å². The van der Waals surface area contributed by atoms with Crippen LogP contribution < -0.4 is 10.2 Å². The quantitative estimate of drug-likeness (QED) is 0.697. The van der Waals surface area contributed by atoms with Crippen molar-refractivity contribution >= 4 is 21.7 Å². The van der Waals surface area contributed by atoms with E-state index in [1.807, 2.05) is 12.1 Å². The van der Waals surface area contributed by atoms with Crippen LogP contribution >= 0.6 is 0 Å². The molecule has 7 nitrogen and oxygen atoms in total. The lowest BCUT2D eigenvalue weighted by molar-refractivity contribution is 0.0950. The van der Waals surface area contributed by atoms with E-state index in [2.05, 4.69) is 29.0 Å². The van der Waals surface area contributed by atoms with Crippen molar-refractivity contribution in [2.24, 2.45) is 11.8 Å². The first-order chi connectivity index (χ1) is 15.8. The molecule has 0 saturated carbocycles. The summed E-state index contributed by atoms with van der Waals surface area (Å²) >= 11 is 0. The number of amides is 1. The number of pyridine rings is 1. The Hall–Kier alpha value is -2.45. The molecule has 178 valence electrons. The number of hydrogen-bond donors (Lipinski definition) is 1. The molecule has 0 aliphatic carbocycles. The van der Waals surface area contributed by atoms with Gasteiger partial charge in [0.2, 0.25) is 10.0 Å². The van der Waals surface area contributed by atoms with Gasteiger partial charge in [0.05, 0.1) is 4.90 Å². The maximum Gasteiger partial charge on any atom is 0.251 e. The van der Waals surface area contributed by atoms with Crippen LogP contribution in [-0.2, 0) is 16.6 Å². The maximum absolute atomic E-state index is 13.2. The second-order valence-corrected chi connectivity index (χ2v) is 11.5. The molecule has 2 aliphatic heterocycles. The van der Waals surface area contributed by atoms with Crippen molar-refractivity contribution in [3.8, 4) is 0 Å². The zero-order chi connectivity index (χ0) is 23.4. The molecule has 0 radical (unpaired) electrons. The molecule has 8 heteroatoms. The molecule has 1 aromatic heterocycles. The molecule has 3 heterocycles. The Kier molecular flexibility index (Phi) is 7.34. The molecule has 1 N–H and O–H groups in total. The number of anilines is 1. The lowest BCUT2D eigenvalue weighted by Gasteiger charge is -2.34. The minimum atomic E-state index is -3.64. The van der Waals surface area contributed by atoms with Gasteiger partial charge in [-0.25, -0.2) is 13.4 Å². The lowest BCUT2D eigenvalue weighted by Crippen LogP contribution is -2.42. The standard InChI is InChI=1S/C25H34N4O3S/c1-19-14-20(2)18-29(17-19)33(31,32)23-10-6-8-21(15-23)25(30)27-16-22-9-7-11-26-24(22)28-12-4-3-5-13-28/h6-11,15,19-20H,3-5,12-14,16-18H2,1-2H3,(H,27,30). The van der Waals surface area contributed by atoms with Gasteiger partial charge in [-0.1, -0.05) is 26.0 Å². The monoisotopic (exact) mass is 470 g/mol. The van der Waals surface area contributed by atoms with E-state index in [1.165, 1.54) is 12.5 Å². The zero-order valence-corrected chi connectivity index (χ0v) is 20.4. The molecule has 1 aromatic carbocycles. The number of benzene rings is 1. The summed E-state index contributed by atoms with van der Waals surface area (Å²) in [5.74, 6) is 1.27. The molecule has 0 bridgehead atoms. The number of piperidine rings is 2. The van der Waals surface area contributed by atoms with E-state index >= 15 is 0 Å². The summed E-state index contributed by atoms with van der Waals surface area (Å²) < 4.78 is 28.0. The van der Waals surface area contributed by atoms with Gasteiger partial charge in [0, 0.05) is 50.0 Å². The molecular weight excluding hydrogens is 436 g/mol. The van der Waals surface area contributed by atoms with Crippen LogP contribution in [0.2, 0.25) is 0 Å². The Bertz CT molecular complexity index is 1070. The summed E-state index contributed by atoms with van der Waals surface area (Å²) in [5, 5.41) is 2.95. The van der Waals surface area contributed by atoms with Gasteiger partial charge in [-0.05, 0) is 61.8 Å². The number of rotatable bonds is 6. The summed E-state index contributed by atoms with van der Waals surface area (Å²) in [4.78, 5) is 19.9. The fraction of sp³-hybridized carbons (Fsp3) is 0.520. The highest BCUT2D eigenvalue weighted by atomic mass is 32.2. The van der Waals surface area contributed by atoms with Crippen LogP contribution in [0.4, 0.5) is 5.82 Å². The van der Waals surface area contributed by atoms with Gasteiger partial charge in [-0.2, -0.15) is 4.31 Å². The topological polar surface area (TPSA) is 82.6 Å². The molecule has 2 aromatic rings. The summed E-state index contributed by atoms with van der Waals surface area (Å²) in [6.07, 6.45) is 6.36. The average Bonchev–Trinajstić information content (AvgIpc) is 2.83. The van der Waals surface area contributed by atoms with Crippen molar-refractivity contribution in [1.29, 1.82) is 0 Å². The molecule has 2 unspecified atom stereocenters. The highest BCUT2D eigenvalue weighted by Gasteiger charge is 2.32. The molecule has 33 heavy (non-hydrogen) atoms. The lowest BCUT2D eigenvalue weighted by atomic mass is 9.94. The number of carbonyl (C=O) groups excluding carboxylic acids is 1. The Balaban J connectivity index is 1.47. The van der Waals surface area contributed by atoms with Gasteiger partial charge < -0.3 is 10.2 Å². The van der Waals surface area contributed by atoms with Crippen LogP contribution in [0.3, 0.4) is 0 Å². The molecule has 2 fully saturated rings. The van der Waals surface area contributed by atoms with Crippen LogP contribution in [-0.4, -0.2) is 49.8 Å². The first kappa shape index (κ1) is 23.7. The smallest absolute Gasteiger partial charge is 0.251 e. The van der Waals surface area contributed by atoms with Gasteiger partial charge >= 0.3 is 0 Å². The summed E-state index contributed by atoms with van der Waals surface area (Å²) in [7, 11) is -3.64. The normalized spacial score (nSPS) is 22.2. The largest absolute Gasteiger partial charge is 0.356 e. The van der Waals surface area contributed by atoms with E-state index in [9.17, 15) is 13.2 Å². The first-order valence-corrected chi connectivity index (χ1v) is 13.4. The van der Waals surface area contributed by atoms with Crippen LogP contribution in [0.15, 0.2) is 47.5 Å². The second kappa shape index (κ2) is 10.2. The van der Waals surface area contributed by atoms with Crippen LogP contribution in [0.5, 0.6) is 0 Å². The number of carbonyl (C=O) groups is 1. The predicted octanol–water partition coefficient (Wildman–Crippen LogP) is 3.67. The average molecular weight is 471 g/mol. The molecule has 2 saturated heterocycles. The van der Waals surface area contributed by atoms with E-state index in [-0.39, 0.29) is 10.8 Å². The Morgan fingerprint density at radius 1 is 1.06 bits per heavy atom. The minimum absolute atomic E-state index is 0.173. The van der Waals surface area contributed by atoms with Gasteiger partial charge in [-0.3, -0.25) is 4.79 Å².